The molecule has 2 aliphatic rings. The van der Waals surface area contributed by atoms with Crippen molar-refractivity contribution < 1.29 is 4.79 Å². The Balaban J connectivity index is 1.41. The number of fused-ring (bicyclic) bond motifs is 1. The van der Waals surface area contributed by atoms with Crippen LogP contribution >= 0.6 is 0 Å². The Morgan fingerprint density at radius 3 is 2.91 bits per heavy atom. The van der Waals surface area contributed by atoms with E-state index in [0.717, 1.165) is 36.9 Å². The van der Waals surface area contributed by atoms with Crippen molar-refractivity contribution in [1.82, 2.24) is 24.9 Å². The maximum Gasteiger partial charge on any atom is 0.271 e. The number of nitrogens with zero attached hydrogens (tertiary/aromatic N) is 4. The van der Waals surface area contributed by atoms with E-state index in [1.54, 1.807) is 27.9 Å². The van der Waals surface area contributed by atoms with Gasteiger partial charge in [-0.25, -0.2) is 4.68 Å². The standard InChI is InChI=1S/C16H19N5O2/c22-15-7-12-3-1-2-4-13(12)19-21(15)10-11-8-20(9-11)16(23)14-5-6-17-18-14/h5-7,11H,1-4,8-10H2,(H,17,18). The van der Waals surface area contributed by atoms with Gasteiger partial charge in [0.1, 0.15) is 5.69 Å². The molecular formula is C16H19N5O2. The number of rotatable bonds is 3. The Hall–Kier alpha value is -2.44. The summed E-state index contributed by atoms with van der Waals surface area (Å²) >= 11 is 0. The predicted molar refractivity (Wildman–Crippen MR) is 83.1 cm³/mol. The minimum absolute atomic E-state index is 0.0241. The Kier molecular flexibility index (Phi) is 3.48. The number of H-pyrrole nitrogens is 1. The number of carbonyl (C=O) groups excluding carboxylic acids is 1. The van der Waals surface area contributed by atoms with Gasteiger partial charge < -0.3 is 4.90 Å². The molecule has 0 aromatic carbocycles. The van der Waals surface area contributed by atoms with Gasteiger partial charge in [-0.2, -0.15) is 10.2 Å². The molecule has 23 heavy (non-hydrogen) atoms. The van der Waals surface area contributed by atoms with Crippen molar-refractivity contribution in [2.45, 2.75) is 32.2 Å². The number of hydrogen-bond donors (Lipinski definition) is 1. The molecule has 120 valence electrons. The van der Waals surface area contributed by atoms with E-state index >= 15 is 0 Å². The van der Waals surface area contributed by atoms with Gasteiger partial charge >= 0.3 is 0 Å². The molecule has 1 saturated heterocycles. The second-order valence-corrected chi connectivity index (χ2v) is 6.39. The molecule has 1 fully saturated rings. The maximum atomic E-state index is 12.2. The van der Waals surface area contributed by atoms with E-state index in [-0.39, 0.29) is 17.4 Å². The summed E-state index contributed by atoms with van der Waals surface area (Å²) in [6.07, 6.45) is 5.79. The Morgan fingerprint density at radius 2 is 2.13 bits per heavy atom. The second-order valence-electron chi connectivity index (χ2n) is 6.39. The number of aromatic amines is 1. The lowest BCUT2D eigenvalue weighted by atomic mass is 9.96. The SMILES string of the molecule is O=C(c1ccn[nH]1)N1CC(Cn2nc3c(cc2=O)CCCC3)C1. The van der Waals surface area contributed by atoms with E-state index in [4.69, 9.17) is 0 Å². The molecule has 0 radical (unpaired) electrons. The Bertz CT molecular complexity index is 774. The van der Waals surface area contributed by atoms with Gasteiger partial charge in [0.25, 0.3) is 11.5 Å². The van der Waals surface area contributed by atoms with Gasteiger partial charge in [0.05, 0.1) is 12.2 Å². The highest BCUT2D eigenvalue weighted by atomic mass is 16.2. The van der Waals surface area contributed by atoms with Crippen molar-refractivity contribution in [1.29, 1.82) is 0 Å². The van der Waals surface area contributed by atoms with Gasteiger partial charge in [-0.05, 0) is 37.3 Å². The summed E-state index contributed by atoms with van der Waals surface area (Å²) < 4.78 is 1.58. The zero-order chi connectivity index (χ0) is 15.8. The second kappa shape index (κ2) is 5.64. The average Bonchev–Trinajstić information content (AvgIpc) is 3.04. The van der Waals surface area contributed by atoms with Crippen LogP contribution in [0.1, 0.15) is 34.6 Å². The van der Waals surface area contributed by atoms with E-state index in [0.29, 0.717) is 25.3 Å². The number of nitrogens with one attached hydrogen (secondary N) is 1. The number of amides is 1. The largest absolute Gasteiger partial charge is 0.337 e. The number of hydrogen-bond acceptors (Lipinski definition) is 4. The monoisotopic (exact) mass is 313 g/mol. The lowest BCUT2D eigenvalue weighted by Crippen LogP contribution is -2.52. The minimum Gasteiger partial charge on any atom is -0.337 e. The van der Waals surface area contributed by atoms with Crippen LogP contribution < -0.4 is 5.56 Å². The van der Waals surface area contributed by atoms with Crippen LogP contribution in [0.4, 0.5) is 0 Å². The Labute approximate surface area is 133 Å². The van der Waals surface area contributed by atoms with Gasteiger partial charge in [-0.15, -0.1) is 0 Å². The fourth-order valence-corrected chi connectivity index (χ4v) is 3.37. The third kappa shape index (κ3) is 2.67. The van der Waals surface area contributed by atoms with E-state index in [1.807, 2.05) is 0 Å². The number of aryl methyl sites for hydroxylation is 2. The smallest absolute Gasteiger partial charge is 0.271 e. The first-order valence-electron chi connectivity index (χ1n) is 8.09. The first-order valence-corrected chi connectivity index (χ1v) is 8.09. The normalized spacial score (nSPS) is 17.7. The zero-order valence-corrected chi connectivity index (χ0v) is 12.9. The highest BCUT2D eigenvalue weighted by Crippen LogP contribution is 2.20. The van der Waals surface area contributed by atoms with E-state index in [9.17, 15) is 9.59 Å². The van der Waals surface area contributed by atoms with Gasteiger partial charge in [0.15, 0.2) is 0 Å². The summed E-state index contributed by atoms with van der Waals surface area (Å²) in [5.74, 6) is 0.248. The van der Waals surface area contributed by atoms with Crippen molar-refractivity contribution in [3.63, 3.8) is 0 Å². The van der Waals surface area contributed by atoms with Gasteiger partial charge in [-0.3, -0.25) is 14.7 Å². The molecule has 7 nitrogen and oxygen atoms in total. The summed E-state index contributed by atoms with van der Waals surface area (Å²) in [6.45, 7) is 1.89. The fourth-order valence-electron chi connectivity index (χ4n) is 3.37. The number of aromatic nitrogens is 4. The van der Waals surface area contributed by atoms with E-state index < -0.39 is 0 Å². The van der Waals surface area contributed by atoms with Crippen molar-refractivity contribution in [2.75, 3.05) is 13.1 Å². The molecule has 0 atom stereocenters. The summed E-state index contributed by atoms with van der Waals surface area (Å²) in [7, 11) is 0. The van der Waals surface area contributed by atoms with Crippen LogP contribution in [0.5, 0.6) is 0 Å². The topological polar surface area (TPSA) is 83.9 Å². The molecule has 7 heteroatoms. The van der Waals surface area contributed by atoms with Gasteiger partial charge in [0, 0.05) is 31.3 Å². The molecule has 1 aliphatic heterocycles. The summed E-state index contributed by atoms with van der Waals surface area (Å²) in [5.41, 5.74) is 2.67. The van der Waals surface area contributed by atoms with E-state index in [2.05, 4.69) is 15.3 Å². The summed E-state index contributed by atoms with van der Waals surface area (Å²) in [5, 5.41) is 11.0. The fraction of sp³-hybridized carbons (Fsp3) is 0.500. The van der Waals surface area contributed by atoms with Crippen LogP contribution in [-0.2, 0) is 19.4 Å². The summed E-state index contributed by atoms with van der Waals surface area (Å²) in [6, 6.07) is 3.42. The number of likely N-dealkylation sites (tertiary alicyclic amines) is 1. The quantitative estimate of drug-likeness (QED) is 0.900. The Morgan fingerprint density at radius 1 is 1.30 bits per heavy atom. The molecule has 4 rings (SSSR count). The molecule has 2 aromatic rings. The average molecular weight is 313 g/mol. The molecule has 0 bridgehead atoms. The lowest BCUT2D eigenvalue weighted by Gasteiger charge is -2.39. The first kappa shape index (κ1) is 14.2. The maximum absolute atomic E-state index is 12.2. The molecule has 3 heterocycles. The van der Waals surface area contributed by atoms with Crippen LogP contribution in [0.25, 0.3) is 0 Å². The minimum atomic E-state index is -0.0375. The molecule has 1 amide bonds. The molecule has 1 aliphatic carbocycles. The van der Waals surface area contributed by atoms with Crippen LogP contribution in [0.3, 0.4) is 0 Å². The van der Waals surface area contributed by atoms with E-state index in [1.165, 1.54) is 0 Å². The molecule has 0 spiro atoms. The third-order valence-corrected chi connectivity index (χ3v) is 4.68. The van der Waals surface area contributed by atoms with Crippen LogP contribution in [0.2, 0.25) is 0 Å². The van der Waals surface area contributed by atoms with Crippen LogP contribution in [-0.4, -0.2) is 43.9 Å². The number of carbonyl (C=O) groups is 1. The van der Waals surface area contributed by atoms with Gasteiger partial charge in [0.2, 0.25) is 0 Å². The molecular weight excluding hydrogens is 294 g/mol. The summed E-state index contributed by atoms with van der Waals surface area (Å²) in [4.78, 5) is 26.1. The highest BCUT2D eigenvalue weighted by molar-refractivity contribution is 5.92. The molecule has 1 N–H and O–H groups in total. The van der Waals surface area contributed by atoms with Crippen molar-refractivity contribution in [3.8, 4) is 0 Å². The first-order chi connectivity index (χ1) is 11.2. The molecule has 2 aromatic heterocycles. The van der Waals surface area contributed by atoms with Crippen molar-refractivity contribution in [3.05, 3.63) is 45.6 Å². The van der Waals surface area contributed by atoms with Crippen LogP contribution in [0, 0.1) is 5.92 Å². The van der Waals surface area contributed by atoms with Crippen LogP contribution in [0.15, 0.2) is 23.1 Å². The van der Waals surface area contributed by atoms with Gasteiger partial charge in [-0.1, -0.05) is 0 Å². The lowest BCUT2D eigenvalue weighted by molar-refractivity contribution is 0.0452. The van der Waals surface area contributed by atoms with Crippen molar-refractivity contribution in [2.24, 2.45) is 5.92 Å². The highest BCUT2D eigenvalue weighted by Gasteiger charge is 2.32. The molecule has 0 unspecified atom stereocenters. The zero-order valence-electron chi connectivity index (χ0n) is 12.9. The molecule has 0 saturated carbocycles. The van der Waals surface area contributed by atoms with Crippen molar-refractivity contribution >= 4 is 5.91 Å². The third-order valence-electron chi connectivity index (χ3n) is 4.68. The predicted octanol–water partition coefficient (Wildman–Crippen LogP) is 0.617.